The Morgan fingerprint density at radius 2 is 1.76 bits per heavy atom. The second kappa shape index (κ2) is 11.7. The fraction of sp³-hybridized carbons (Fsp3) is 0.154. The summed E-state index contributed by atoms with van der Waals surface area (Å²) < 4.78 is 11.6. The Morgan fingerprint density at radius 1 is 1.00 bits per heavy atom. The van der Waals surface area contributed by atoms with E-state index in [-0.39, 0.29) is 23.7 Å². The number of nitro groups is 1. The summed E-state index contributed by atoms with van der Waals surface area (Å²) in [5.41, 5.74) is 1.96. The lowest BCUT2D eigenvalue weighted by molar-refractivity contribution is -0.384. The standard InChI is InChI=1S/C26H20Cl2N2O6S/c1-2-35-23-11-17(5-10-22(23)36-15-18-6-7-19(27)13-21(18)28)12-24-25(31)29(26(32)37-24)14-16-3-8-20(9-4-16)30(33)34/h3-13H,2,14-15H2,1H3/b24-12-. The number of rotatable bonds is 9. The summed E-state index contributed by atoms with van der Waals surface area (Å²) in [6.45, 7) is 2.46. The zero-order chi connectivity index (χ0) is 26.5. The van der Waals surface area contributed by atoms with Gasteiger partial charge in [0, 0.05) is 27.7 Å². The van der Waals surface area contributed by atoms with E-state index in [4.69, 9.17) is 32.7 Å². The molecule has 0 saturated carbocycles. The van der Waals surface area contributed by atoms with Crippen LogP contribution in [0.3, 0.4) is 0 Å². The van der Waals surface area contributed by atoms with Crippen molar-refractivity contribution in [3.8, 4) is 11.5 Å². The van der Waals surface area contributed by atoms with Gasteiger partial charge < -0.3 is 9.47 Å². The summed E-state index contributed by atoms with van der Waals surface area (Å²) in [7, 11) is 0. The first kappa shape index (κ1) is 26.5. The van der Waals surface area contributed by atoms with E-state index < -0.39 is 16.1 Å². The Bertz CT molecular complexity index is 1390. The smallest absolute Gasteiger partial charge is 0.293 e. The van der Waals surface area contributed by atoms with Crippen LogP contribution >= 0.6 is 35.0 Å². The third-order valence-corrected chi connectivity index (χ3v) is 6.82. The van der Waals surface area contributed by atoms with Crippen molar-refractivity contribution >= 4 is 57.9 Å². The molecule has 1 aliphatic heterocycles. The highest BCUT2D eigenvalue weighted by Crippen LogP contribution is 2.36. The average Bonchev–Trinajstić information content (AvgIpc) is 3.12. The van der Waals surface area contributed by atoms with Crippen LogP contribution < -0.4 is 9.47 Å². The van der Waals surface area contributed by atoms with E-state index in [1.165, 1.54) is 24.3 Å². The maximum Gasteiger partial charge on any atom is 0.293 e. The van der Waals surface area contributed by atoms with Gasteiger partial charge in [0.05, 0.1) is 23.0 Å². The number of imide groups is 1. The van der Waals surface area contributed by atoms with Crippen molar-refractivity contribution in [2.75, 3.05) is 6.61 Å². The van der Waals surface area contributed by atoms with Crippen LogP contribution in [-0.2, 0) is 17.9 Å². The fourth-order valence-electron chi connectivity index (χ4n) is 3.49. The number of non-ortho nitro benzene ring substituents is 1. The molecule has 0 aromatic heterocycles. The van der Waals surface area contributed by atoms with Crippen LogP contribution in [0.2, 0.25) is 10.0 Å². The summed E-state index contributed by atoms with van der Waals surface area (Å²) in [4.78, 5) is 37.1. The molecule has 0 aliphatic carbocycles. The van der Waals surface area contributed by atoms with Gasteiger partial charge in [0.15, 0.2) is 11.5 Å². The van der Waals surface area contributed by atoms with Crippen molar-refractivity contribution in [2.24, 2.45) is 0 Å². The van der Waals surface area contributed by atoms with E-state index in [0.29, 0.717) is 39.3 Å². The molecule has 0 N–H and O–H groups in total. The number of thioether (sulfide) groups is 1. The lowest BCUT2D eigenvalue weighted by atomic mass is 10.1. The van der Waals surface area contributed by atoms with Gasteiger partial charge in [-0.05, 0) is 60.2 Å². The van der Waals surface area contributed by atoms with E-state index in [2.05, 4.69) is 0 Å². The highest BCUT2D eigenvalue weighted by Gasteiger charge is 2.35. The summed E-state index contributed by atoms with van der Waals surface area (Å²) in [6.07, 6.45) is 1.61. The predicted molar refractivity (Wildman–Crippen MR) is 143 cm³/mol. The van der Waals surface area contributed by atoms with Gasteiger partial charge in [0.1, 0.15) is 6.61 Å². The number of hydrogen-bond donors (Lipinski definition) is 0. The molecule has 2 amide bonds. The minimum atomic E-state index is -0.508. The largest absolute Gasteiger partial charge is 0.490 e. The minimum Gasteiger partial charge on any atom is -0.490 e. The monoisotopic (exact) mass is 558 g/mol. The van der Waals surface area contributed by atoms with Gasteiger partial charge in [-0.15, -0.1) is 0 Å². The number of ether oxygens (including phenoxy) is 2. The minimum absolute atomic E-state index is 0.0181. The summed E-state index contributed by atoms with van der Waals surface area (Å²) in [6, 6.07) is 16.1. The highest BCUT2D eigenvalue weighted by atomic mass is 35.5. The quantitative estimate of drug-likeness (QED) is 0.156. The Morgan fingerprint density at radius 3 is 2.43 bits per heavy atom. The van der Waals surface area contributed by atoms with Crippen molar-refractivity contribution < 1.29 is 24.0 Å². The molecular weight excluding hydrogens is 539 g/mol. The van der Waals surface area contributed by atoms with E-state index in [1.54, 1.807) is 42.5 Å². The second-order valence-electron chi connectivity index (χ2n) is 7.86. The van der Waals surface area contributed by atoms with Gasteiger partial charge in [0.25, 0.3) is 16.8 Å². The van der Waals surface area contributed by atoms with Crippen LogP contribution in [-0.4, -0.2) is 27.6 Å². The third-order valence-electron chi connectivity index (χ3n) is 5.33. The van der Waals surface area contributed by atoms with E-state index >= 15 is 0 Å². The van der Waals surface area contributed by atoms with Gasteiger partial charge in [0.2, 0.25) is 0 Å². The maximum absolute atomic E-state index is 12.9. The molecule has 1 heterocycles. The van der Waals surface area contributed by atoms with Crippen LogP contribution in [0.1, 0.15) is 23.6 Å². The first-order valence-corrected chi connectivity index (χ1v) is 12.6. The van der Waals surface area contributed by atoms with E-state index in [0.717, 1.165) is 22.2 Å². The number of nitro benzene ring substituents is 1. The predicted octanol–water partition coefficient (Wildman–Crippen LogP) is 7.12. The van der Waals surface area contributed by atoms with Gasteiger partial charge in [-0.25, -0.2) is 0 Å². The number of benzene rings is 3. The SMILES string of the molecule is CCOc1cc(/C=C2\SC(=O)N(Cc3ccc([N+](=O)[O-])cc3)C2=O)ccc1OCc1ccc(Cl)cc1Cl. The zero-order valence-electron chi connectivity index (χ0n) is 19.5. The topological polar surface area (TPSA) is 99.0 Å². The fourth-order valence-corrected chi connectivity index (χ4v) is 4.79. The number of nitrogens with zero attached hydrogens (tertiary/aromatic N) is 2. The first-order valence-electron chi connectivity index (χ1n) is 11.1. The van der Waals surface area contributed by atoms with Gasteiger partial charge in [-0.3, -0.25) is 24.6 Å². The molecule has 1 fully saturated rings. The molecule has 4 rings (SSSR count). The number of halogens is 2. The van der Waals surface area contributed by atoms with Gasteiger partial charge in [-0.2, -0.15) is 0 Å². The van der Waals surface area contributed by atoms with E-state index in [9.17, 15) is 19.7 Å². The summed E-state index contributed by atoms with van der Waals surface area (Å²) in [5.74, 6) is 0.534. The molecule has 0 bridgehead atoms. The molecule has 37 heavy (non-hydrogen) atoms. The molecule has 1 saturated heterocycles. The Kier molecular flexibility index (Phi) is 8.38. The molecule has 190 valence electrons. The molecule has 3 aromatic carbocycles. The molecule has 0 spiro atoms. The third kappa shape index (κ3) is 6.43. The molecular formula is C26H20Cl2N2O6S. The number of amides is 2. The van der Waals surface area contributed by atoms with Crippen LogP contribution in [0.4, 0.5) is 10.5 Å². The molecule has 3 aromatic rings. The average molecular weight is 559 g/mol. The van der Waals surface area contributed by atoms with Crippen molar-refractivity contribution in [3.63, 3.8) is 0 Å². The Hall–Kier alpha value is -3.53. The van der Waals surface area contributed by atoms with Gasteiger partial charge >= 0.3 is 0 Å². The Labute approximate surface area is 226 Å². The van der Waals surface area contributed by atoms with Gasteiger partial charge in [-0.1, -0.05) is 47.5 Å². The molecule has 11 heteroatoms. The second-order valence-corrected chi connectivity index (χ2v) is 9.69. The molecule has 0 unspecified atom stereocenters. The van der Waals surface area contributed by atoms with Crippen molar-refractivity contribution in [1.82, 2.24) is 4.90 Å². The number of hydrogen-bond acceptors (Lipinski definition) is 7. The van der Waals surface area contributed by atoms with Crippen molar-refractivity contribution in [1.29, 1.82) is 0 Å². The normalized spacial score (nSPS) is 14.4. The first-order chi connectivity index (χ1) is 17.7. The Balaban J connectivity index is 1.49. The summed E-state index contributed by atoms with van der Waals surface area (Å²) in [5, 5.41) is 11.4. The number of carbonyl (C=O) groups excluding carboxylic acids is 2. The molecule has 0 radical (unpaired) electrons. The van der Waals surface area contributed by atoms with Crippen LogP contribution in [0.15, 0.2) is 65.6 Å². The van der Waals surface area contributed by atoms with Crippen molar-refractivity contribution in [3.05, 3.63) is 102 Å². The molecule has 1 aliphatic rings. The molecule has 0 atom stereocenters. The zero-order valence-corrected chi connectivity index (χ0v) is 21.8. The summed E-state index contributed by atoms with van der Waals surface area (Å²) >= 11 is 13.0. The van der Waals surface area contributed by atoms with E-state index in [1.807, 2.05) is 6.92 Å². The lowest BCUT2D eigenvalue weighted by Gasteiger charge is -2.14. The lowest BCUT2D eigenvalue weighted by Crippen LogP contribution is -2.27. The van der Waals surface area contributed by atoms with Crippen molar-refractivity contribution in [2.45, 2.75) is 20.1 Å². The van der Waals surface area contributed by atoms with Crippen LogP contribution in [0, 0.1) is 10.1 Å². The molecule has 8 nitrogen and oxygen atoms in total. The van der Waals surface area contributed by atoms with Crippen LogP contribution in [0.25, 0.3) is 6.08 Å². The maximum atomic E-state index is 12.9. The highest BCUT2D eigenvalue weighted by molar-refractivity contribution is 8.18. The van der Waals surface area contributed by atoms with Crippen LogP contribution in [0.5, 0.6) is 11.5 Å². The number of carbonyl (C=O) groups is 2.